The first kappa shape index (κ1) is 40.9. The number of pyridine rings is 4. The Morgan fingerprint density at radius 1 is 0.667 bits per heavy atom. The van der Waals surface area contributed by atoms with Gasteiger partial charge in [-0.2, -0.15) is 0 Å². The largest absolute Gasteiger partial charge is 0.492 e. The van der Waals surface area contributed by atoms with E-state index in [0.29, 0.717) is 100 Å². The number of aromatic nitrogens is 10. The number of hydrogen-bond acceptors (Lipinski definition) is 12. The van der Waals surface area contributed by atoms with Crippen LogP contribution in [0, 0.1) is 25.7 Å². The molecule has 3 atom stereocenters. The number of amides is 2. The monoisotopic (exact) mass is 896 g/mol. The number of carbonyl (C=O) groups excluding carboxylic acids is 2. The van der Waals surface area contributed by atoms with Crippen LogP contribution in [0.2, 0.25) is 5.02 Å². The van der Waals surface area contributed by atoms with Crippen LogP contribution < -0.4 is 20.1 Å². The van der Waals surface area contributed by atoms with Crippen LogP contribution in [0.3, 0.4) is 0 Å². The van der Waals surface area contributed by atoms with Gasteiger partial charge < -0.3 is 29.2 Å². The number of benzene rings is 2. The molecule has 11 rings (SSSR count). The first-order chi connectivity index (χ1) is 32.2. The third kappa shape index (κ3) is 8.22. The van der Waals surface area contributed by atoms with Crippen LogP contribution in [0.4, 0.5) is 11.6 Å². The van der Waals surface area contributed by atoms with Crippen LogP contribution in [0.5, 0.6) is 11.5 Å². The van der Waals surface area contributed by atoms with Crippen molar-refractivity contribution in [2.75, 3.05) is 23.8 Å². The van der Waals surface area contributed by atoms with Crippen molar-refractivity contribution in [3.63, 3.8) is 0 Å². The van der Waals surface area contributed by atoms with Crippen molar-refractivity contribution < 1.29 is 19.1 Å². The van der Waals surface area contributed by atoms with Crippen LogP contribution in [-0.2, 0) is 13.1 Å². The predicted molar refractivity (Wildman–Crippen MR) is 246 cm³/mol. The van der Waals surface area contributed by atoms with Gasteiger partial charge in [-0.05, 0) is 116 Å². The number of halogens is 1. The summed E-state index contributed by atoms with van der Waals surface area (Å²) in [4.78, 5) is 47.5. The molecule has 328 valence electrons. The van der Waals surface area contributed by atoms with Gasteiger partial charge in [-0.25, -0.2) is 9.97 Å². The van der Waals surface area contributed by atoms with Crippen molar-refractivity contribution in [2.24, 2.45) is 11.8 Å². The zero-order valence-electron chi connectivity index (χ0n) is 35.9. The van der Waals surface area contributed by atoms with Crippen LogP contribution in [0.25, 0.3) is 45.3 Å². The van der Waals surface area contributed by atoms with Gasteiger partial charge in [0.1, 0.15) is 47.2 Å². The Balaban J connectivity index is 1.01. The standard InChI is InChI=1S/C49H41ClN12O4/c1-27-6-7-31(20-51-27)29-8-10-43-37(15-29)49(64)58-45-19-33(18-41(56-45)47-60-54-26-62(47)22-35-14-36(35)24-66-43)32-12-13-61-25-53-59-46(61)40-4-3-5-44(55-40)57-48(63)38-16-30(9-11-42(38)65-23-32)34-17-39(50)28(2)52-21-34/h3-11,15-21,25-26,32,35-36H,12-14,22-24H2,1-2H3,(H,55,57,63)(H,56,58,64). The second-order valence-corrected chi connectivity index (χ2v) is 17.3. The van der Waals surface area contributed by atoms with E-state index in [4.69, 9.17) is 31.0 Å². The highest BCUT2D eigenvalue weighted by Crippen LogP contribution is 2.42. The fourth-order valence-corrected chi connectivity index (χ4v) is 8.68. The van der Waals surface area contributed by atoms with Crippen LogP contribution in [-0.4, -0.2) is 74.5 Å². The molecule has 4 bridgehead atoms. The van der Waals surface area contributed by atoms with Gasteiger partial charge in [0.15, 0.2) is 11.6 Å². The molecule has 17 heteroatoms. The number of fused-ring (bicyclic) bond motifs is 11. The molecule has 2 aromatic carbocycles. The molecular formula is C49H41ClN12O4. The van der Waals surface area contributed by atoms with Crippen molar-refractivity contribution >= 4 is 35.1 Å². The highest BCUT2D eigenvalue weighted by atomic mass is 35.5. The summed E-state index contributed by atoms with van der Waals surface area (Å²) in [7, 11) is 0. The third-order valence-corrected chi connectivity index (χ3v) is 12.8. The van der Waals surface area contributed by atoms with Crippen molar-refractivity contribution in [3.05, 3.63) is 143 Å². The van der Waals surface area contributed by atoms with Crippen molar-refractivity contribution in [3.8, 4) is 56.8 Å². The number of hydrogen-bond donors (Lipinski definition) is 2. The molecule has 2 aliphatic heterocycles. The summed E-state index contributed by atoms with van der Waals surface area (Å²) >= 11 is 6.49. The maximum atomic E-state index is 14.5. The molecule has 6 aromatic heterocycles. The molecule has 1 aliphatic carbocycles. The Hall–Kier alpha value is -7.85. The minimum atomic E-state index is -0.426. The van der Waals surface area contributed by atoms with Gasteiger partial charge >= 0.3 is 0 Å². The number of carbonyl (C=O) groups is 2. The van der Waals surface area contributed by atoms with Crippen LogP contribution in [0.1, 0.15) is 56.4 Å². The molecule has 66 heavy (non-hydrogen) atoms. The summed E-state index contributed by atoms with van der Waals surface area (Å²) in [5, 5.41) is 24.1. The van der Waals surface area contributed by atoms with Gasteiger partial charge in [0, 0.05) is 48.2 Å². The molecule has 16 nitrogen and oxygen atoms in total. The van der Waals surface area contributed by atoms with E-state index in [-0.39, 0.29) is 24.0 Å². The quantitative estimate of drug-likeness (QED) is 0.172. The van der Waals surface area contributed by atoms with E-state index in [1.165, 1.54) is 0 Å². The fourth-order valence-electron chi connectivity index (χ4n) is 8.51. The Kier molecular flexibility index (Phi) is 10.5. The summed E-state index contributed by atoms with van der Waals surface area (Å²) in [6.45, 7) is 5.53. The number of nitrogens with zero attached hydrogens (tertiary/aromatic N) is 10. The maximum absolute atomic E-state index is 14.5. The second kappa shape index (κ2) is 16.9. The van der Waals surface area contributed by atoms with Gasteiger partial charge in [0.05, 0.1) is 35.1 Å². The smallest absolute Gasteiger partial charge is 0.260 e. The highest BCUT2D eigenvalue weighted by Gasteiger charge is 2.39. The number of rotatable bonds is 3. The minimum Gasteiger partial charge on any atom is -0.492 e. The Bertz CT molecular complexity index is 3190. The zero-order valence-corrected chi connectivity index (χ0v) is 36.6. The summed E-state index contributed by atoms with van der Waals surface area (Å²) in [6, 6.07) is 26.0. The fraction of sp³-hybridized carbons (Fsp3) is 0.224. The normalized spacial score (nSPS) is 18.0. The molecule has 1 saturated carbocycles. The van der Waals surface area contributed by atoms with E-state index in [9.17, 15) is 9.59 Å². The van der Waals surface area contributed by atoms with E-state index in [1.54, 1.807) is 43.2 Å². The zero-order chi connectivity index (χ0) is 44.9. The maximum Gasteiger partial charge on any atom is 0.260 e. The van der Waals surface area contributed by atoms with Crippen molar-refractivity contribution in [1.82, 2.24) is 49.5 Å². The van der Waals surface area contributed by atoms with E-state index in [2.05, 4.69) is 41.0 Å². The number of nitrogens with one attached hydrogen (secondary N) is 2. The molecule has 2 N–H and O–H groups in total. The molecule has 0 spiro atoms. The van der Waals surface area contributed by atoms with Gasteiger partial charge in [-0.3, -0.25) is 19.6 Å². The number of anilines is 2. The van der Waals surface area contributed by atoms with Crippen molar-refractivity contribution in [1.29, 1.82) is 0 Å². The average Bonchev–Trinajstić information content (AvgIpc) is 3.62. The first-order valence-electron chi connectivity index (χ1n) is 21.7. The Morgan fingerprint density at radius 2 is 1.35 bits per heavy atom. The lowest BCUT2D eigenvalue weighted by atomic mass is 9.95. The molecule has 0 radical (unpaired) electrons. The number of ether oxygens (including phenoxy) is 2. The molecule has 8 heterocycles. The average molecular weight is 897 g/mol. The highest BCUT2D eigenvalue weighted by molar-refractivity contribution is 6.31. The van der Waals surface area contributed by atoms with Gasteiger partial charge in [-0.1, -0.05) is 35.9 Å². The van der Waals surface area contributed by atoms with E-state index >= 15 is 0 Å². The Labute approximate surface area is 383 Å². The second-order valence-electron chi connectivity index (χ2n) is 16.9. The lowest BCUT2D eigenvalue weighted by Gasteiger charge is -2.22. The van der Waals surface area contributed by atoms with E-state index in [1.807, 2.05) is 89.7 Å². The molecule has 3 aliphatic rings. The topological polar surface area (TPSA) is 190 Å². The van der Waals surface area contributed by atoms with Crippen molar-refractivity contribution in [2.45, 2.75) is 45.7 Å². The van der Waals surface area contributed by atoms with Gasteiger partial charge in [0.2, 0.25) is 0 Å². The molecule has 3 unspecified atom stereocenters. The molecular weight excluding hydrogens is 856 g/mol. The minimum absolute atomic E-state index is 0.135. The van der Waals surface area contributed by atoms with Crippen LogP contribution >= 0.6 is 11.6 Å². The summed E-state index contributed by atoms with van der Waals surface area (Å²) in [5.74, 6) is 2.06. The molecule has 1 fully saturated rings. The third-order valence-electron chi connectivity index (χ3n) is 12.4. The first-order valence-corrected chi connectivity index (χ1v) is 22.0. The molecule has 8 aromatic rings. The summed E-state index contributed by atoms with van der Waals surface area (Å²) < 4.78 is 17.0. The Morgan fingerprint density at radius 3 is 2.11 bits per heavy atom. The van der Waals surface area contributed by atoms with E-state index < -0.39 is 5.91 Å². The molecule has 2 amide bonds. The SMILES string of the molecule is Cc1ccc(-c2ccc3c(c2)C(=O)Nc2cc(C4CCn5cnnc5-c5cccc(n5)NC(=O)c5cc(-c6cnc(C)c(Cl)c6)ccc5OC4)cc(n2)-c2nncn2CC2CC2CO3)cn1. The summed E-state index contributed by atoms with van der Waals surface area (Å²) in [5.41, 5.74) is 7.30. The lowest BCUT2D eigenvalue weighted by molar-refractivity contribution is 0.101. The van der Waals surface area contributed by atoms with Gasteiger partial charge in [-0.15, -0.1) is 20.4 Å². The summed E-state index contributed by atoms with van der Waals surface area (Å²) in [6.07, 6.45) is 8.39. The number of aryl methyl sites for hydroxylation is 3. The van der Waals surface area contributed by atoms with E-state index in [0.717, 1.165) is 39.9 Å². The lowest BCUT2D eigenvalue weighted by Crippen LogP contribution is -2.20. The molecule has 0 saturated heterocycles. The van der Waals surface area contributed by atoms with Gasteiger partial charge in [0.25, 0.3) is 11.8 Å². The predicted octanol–water partition coefficient (Wildman–Crippen LogP) is 8.49. The van der Waals surface area contributed by atoms with Crippen LogP contribution in [0.15, 0.2) is 110 Å².